The van der Waals surface area contributed by atoms with E-state index in [1.165, 1.54) is 0 Å². The fourth-order valence-corrected chi connectivity index (χ4v) is 3.05. The summed E-state index contributed by atoms with van der Waals surface area (Å²) in [6, 6.07) is 5.40. The van der Waals surface area contributed by atoms with E-state index in [-0.39, 0.29) is 5.91 Å². The molecule has 2 aromatic rings. The molecule has 138 valence electrons. The average Bonchev–Trinajstić information content (AvgIpc) is 2.97. The van der Waals surface area contributed by atoms with E-state index in [4.69, 9.17) is 10.5 Å². The number of carbonyl (C=O) groups is 1. The SMILES string of the molecule is CCCCCC(N)C(=O)n1cc(CCN(C)C)c2cc(OC)ccc21. The van der Waals surface area contributed by atoms with Crippen molar-refractivity contribution in [1.82, 2.24) is 9.47 Å². The zero-order valence-corrected chi connectivity index (χ0v) is 15.9. The number of hydrogen-bond acceptors (Lipinski definition) is 4. The molecule has 1 aromatic carbocycles. The number of hydrogen-bond donors (Lipinski definition) is 1. The van der Waals surface area contributed by atoms with Gasteiger partial charge in [0.1, 0.15) is 5.75 Å². The van der Waals surface area contributed by atoms with E-state index in [1.54, 1.807) is 11.7 Å². The highest BCUT2D eigenvalue weighted by molar-refractivity contribution is 5.97. The Balaban J connectivity index is 2.33. The van der Waals surface area contributed by atoms with E-state index < -0.39 is 6.04 Å². The molecule has 2 N–H and O–H groups in total. The summed E-state index contributed by atoms with van der Waals surface area (Å²) in [6.45, 7) is 3.07. The molecule has 1 unspecified atom stereocenters. The van der Waals surface area contributed by atoms with E-state index in [9.17, 15) is 4.79 Å². The second-order valence-electron chi connectivity index (χ2n) is 6.90. The molecular weight excluding hydrogens is 314 g/mol. The standard InChI is InChI=1S/C20H31N3O2/c1-5-6-7-8-18(21)20(24)23-14-15(11-12-22(2)3)17-13-16(25-4)9-10-19(17)23/h9-10,13-14,18H,5-8,11-12,21H2,1-4H3. The fraction of sp³-hybridized carbons (Fsp3) is 0.550. The van der Waals surface area contributed by atoms with Gasteiger partial charge in [-0.05, 0) is 50.7 Å². The summed E-state index contributed by atoms with van der Waals surface area (Å²) in [5, 5.41) is 1.07. The van der Waals surface area contributed by atoms with Crippen molar-refractivity contribution in [3.63, 3.8) is 0 Å². The van der Waals surface area contributed by atoms with E-state index in [1.807, 2.05) is 24.4 Å². The summed E-state index contributed by atoms with van der Waals surface area (Å²) < 4.78 is 7.09. The Morgan fingerprint density at radius 3 is 2.72 bits per heavy atom. The van der Waals surface area contributed by atoms with Crippen LogP contribution in [0.1, 0.15) is 43.0 Å². The zero-order chi connectivity index (χ0) is 18.4. The number of aromatic nitrogens is 1. The molecule has 0 radical (unpaired) electrons. The van der Waals surface area contributed by atoms with Gasteiger partial charge in [-0.15, -0.1) is 0 Å². The van der Waals surface area contributed by atoms with Crippen LogP contribution in [-0.4, -0.2) is 49.2 Å². The molecule has 0 fully saturated rings. The Hall–Kier alpha value is -1.85. The third-order valence-corrected chi connectivity index (χ3v) is 4.60. The lowest BCUT2D eigenvalue weighted by Gasteiger charge is -2.12. The summed E-state index contributed by atoms with van der Waals surface area (Å²) in [6.07, 6.45) is 6.79. The van der Waals surface area contributed by atoms with Crippen LogP contribution in [0.5, 0.6) is 5.75 Å². The third kappa shape index (κ3) is 4.83. The topological polar surface area (TPSA) is 60.5 Å². The van der Waals surface area contributed by atoms with Gasteiger partial charge in [-0.2, -0.15) is 0 Å². The van der Waals surface area contributed by atoms with Gasteiger partial charge in [0.2, 0.25) is 5.91 Å². The van der Waals surface area contributed by atoms with Gasteiger partial charge in [-0.25, -0.2) is 0 Å². The number of likely N-dealkylation sites (N-methyl/N-ethyl adjacent to an activating group) is 1. The van der Waals surface area contributed by atoms with Gasteiger partial charge in [0, 0.05) is 18.1 Å². The van der Waals surface area contributed by atoms with E-state index >= 15 is 0 Å². The largest absolute Gasteiger partial charge is 0.497 e. The lowest BCUT2D eigenvalue weighted by Crippen LogP contribution is -2.34. The molecule has 25 heavy (non-hydrogen) atoms. The Morgan fingerprint density at radius 1 is 1.32 bits per heavy atom. The second-order valence-corrected chi connectivity index (χ2v) is 6.90. The van der Waals surface area contributed by atoms with Gasteiger partial charge >= 0.3 is 0 Å². The van der Waals surface area contributed by atoms with Crippen molar-refractivity contribution in [2.45, 2.75) is 45.1 Å². The first-order valence-electron chi connectivity index (χ1n) is 9.10. The van der Waals surface area contributed by atoms with Crippen LogP contribution in [0, 0.1) is 0 Å². The molecule has 1 aromatic heterocycles. The van der Waals surface area contributed by atoms with Crippen molar-refractivity contribution in [3.05, 3.63) is 30.0 Å². The van der Waals surface area contributed by atoms with E-state index in [2.05, 4.69) is 25.9 Å². The van der Waals surface area contributed by atoms with Crippen LogP contribution < -0.4 is 10.5 Å². The first kappa shape index (κ1) is 19.5. The summed E-state index contributed by atoms with van der Waals surface area (Å²) in [4.78, 5) is 15.0. The van der Waals surface area contributed by atoms with Crippen LogP contribution in [0.25, 0.3) is 10.9 Å². The molecule has 1 atom stereocenters. The average molecular weight is 345 g/mol. The number of ether oxygens (including phenoxy) is 1. The van der Waals surface area contributed by atoms with Crippen LogP contribution in [0.4, 0.5) is 0 Å². The Kier molecular flexibility index (Phi) is 7.02. The van der Waals surface area contributed by atoms with Crippen LogP contribution in [0.15, 0.2) is 24.4 Å². The third-order valence-electron chi connectivity index (χ3n) is 4.60. The highest BCUT2D eigenvalue weighted by Gasteiger charge is 2.19. The molecule has 0 bridgehead atoms. The number of unbranched alkanes of at least 4 members (excludes halogenated alkanes) is 2. The Bertz CT molecular complexity index is 706. The molecule has 0 aliphatic rings. The highest BCUT2D eigenvalue weighted by atomic mass is 16.5. The van der Waals surface area contributed by atoms with Gasteiger partial charge in [-0.1, -0.05) is 26.2 Å². The van der Waals surface area contributed by atoms with Crippen molar-refractivity contribution in [2.75, 3.05) is 27.7 Å². The van der Waals surface area contributed by atoms with Crippen molar-refractivity contribution in [2.24, 2.45) is 5.73 Å². The first-order valence-corrected chi connectivity index (χ1v) is 9.10. The first-order chi connectivity index (χ1) is 12.0. The molecule has 0 aliphatic heterocycles. The number of carbonyl (C=O) groups excluding carboxylic acids is 1. The lowest BCUT2D eigenvalue weighted by molar-refractivity contribution is 0.0879. The van der Waals surface area contributed by atoms with Crippen LogP contribution >= 0.6 is 0 Å². The maximum Gasteiger partial charge on any atom is 0.247 e. The molecule has 2 rings (SSSR count). The Morgan fingerprint density at radius 2 is 2.08 bits per heavy atom. The van der Waals surface area contributed by atoms with Gasteiger partial charge in [0.05, 0.1) is 18.7 Å². The van der Waals surface area contributed by atoms with Gasteiger partial charge < -0.3 is 15.4 Å². The smallest absolute Gasteiger partial charge is 0.247 e. The van der Waals surface area contributed by atoms with Crippen molar-refractivity contribution >= 4 is 16.8 Å². The molecule has 0 amide bonds. The normalized spacial score (nSPS) is 12.7. The number of rotatable bonds is 9. The van der Waals surface area contributed by atoms with Crippen LogP contribution in [0.2, 0.25) is 0 Å². The molecule has 0 aliphatic carbocycles. The van der Waals surface area contributed by atoms with Crippen LogP contribution in [0.3, 0.4) is 0 Å². The maximum atomic E-state index is 12.9. The van der Waals surface area contributed by atoms with Crippen molar-refractivity contribution < 1.29 is 9.53 Å². The van der Waals surface area contributed by atoms with Gasteiger partial charge in [0.15, 0.2) is 0 Å². The monoisotopic (exact) mass is 345 g/mol. The minimum Gasteiger partial charge on any atom is -0.497 e. The summed E-state index contributed by atoms with van der Waals surface area (Å²) in [7, 11) is 5.76. The molecule has 1 heterocycles. The fourth-order valence-electron chi connectivity index (χ4n) is 3.05. The molecule has 5 nitrogen and oxygen atoms in total. The maximum absolute atomic E-state index is 12.9. The number of nitrogens with two attached hydrogens (primary N) is 1. The summed E-state index contributed by atoms with van der Waals surface area (Å²) >= 11 is 0. The molecule has 0 spiro atoms. The summed E-state index contributed by atoms with van der Waals surface area (Å²) in [5.41, 5.74) is 8.22. The Labute approximate surface area is 150 Å². The minimum absolute atomic E-state index is 0.0256. The zero-order valence-electron chi connectivity index (χ0n) is 15.9. The quantitative estimate of drug-likeness (QED) is 0.708. The van der Waals surface area contributed by atoms with Gasteiger partial charge in [0.25, 0.3) is 0 Å². The number of benzene rings is 1. The second kappa shape index (κ2) is 9.02. The molecule has 0 saturated heterocycles. The predicted octanol–water partition coefficient (Wildman–Crippen LogP) is 3.30. The molecular formula is C20H31N3O2. The lowest BCUT2D eigenvalue weighted by atomic mass is 10.1. The predicted molar refractivity (Wildman–Crippen MR) is 103 cm³/mol. The van der Waals surface area contributed by atoms with Gasteiger partial charge in [-0.3, -0.25) is 9.36 Å². The number of nitrogens with zero attached hydrogens (tertiary/aromatic N) is 2. The summed E-state index contributed by atoms with van der Waals surface area (Å²) in [5.74, 6) is 0.776. The number of methoxy groups -OCH3 is 1. The number of fused-ring (bicyclic) bond motifs is 1. The highest BCUT2D eigenvalue weighted by Crippen LogP contribution is 2.27. The van der Waals surface area contributed by atoms with Crippen molar-refractivity contribution in [1.29, 1.82) is 0 Å². The van der Waals surface area contributed by atoms with Crippen LogP contribution in [-0.2, 0) is 6.42 Å². The molecule has 0 saturated carbocycles. The minimum atomic E-state index is -0.453. The molecule has 5 heteroatoms. The van der Waals surface area contributed by atoms with Crippen molar-refractivity contribution in [3.8, 4) is 5.75 Å². The van der Waals surface area contributed by atoms with E-state index in [0.29, 0.717) is 0 Å². The van der Waals surface area contributed by atoms with E-state index in [0.717, 1.165) is 60.9 Å².